The first-order chi connectivity index (χ1) is 13.5. The van der Waals surface area contributed by atoms with Crippen LogP contribution in [0.1, 0.15) is 23.2 Å². The molecule has 0 aromatic heterocycles. The molecule has 9 nitrogen and oxygen atoms in total. The van der Waals surface area contributed by atoms with Gasteiger partial charge in [0.25, 0.3) is 11.6 Å². The van der Waals surface area contributed by atoms with Crippen LogP contribution in [0, 0.1) is 10.1 Å². The van der Waals surface area contributed by atoms with Gasteiger partial charge in [0.15, 0.2) is 6.61 Å². The highest BCUT2D eigenvalue weighted by Gasteiger charge is 2.26. The number of esters is 1. The quantitative estimate of drug-likeness (QED) is 0.407. The number of nitro groups is 1. The molecule has 2 aromatic carbocycles. The molecule has 1 aliphatic carbocycles. The topological polar surface area (TPSA) is 120 Å². The third-order valence-electron chi connectivity index (χ3n) is 4.08. The van der Waals surface area contributed by atoms with Gasteiger partial charge in [0, 0.05) is 17.8 Å². The maximum atomic E-state index is 12.1. The van der Waals surface area contributed by atoms with Gasteiger partial charge in [-0.05, 0) is 49.2 Å². The Morgan fingerprint density at radius 3 is 2.50 bits per heavy atom. The highest BCUT2D eigenvalue weighted by Crippen LogP contribution is 2.31. The Bertz CT molecular complexity index is 893. The van der Waals surface area contributed by atoms with E-state index in [1.54, 1.807) is 24.3 Å². The predicted molar refractivity (Wildman–Crippen MR) is 102 cm³/mol. The molecule has 0 atom stereocenters. The maximum absolute atomic E-state index is 12.1. The number of nitro benzene ring substituents is 1. The molecule has 0 radical (unpaired) electrons. The van der Waals surface area contributed by atoms with E-state index in [1.807, 2.05) is 0 Å². The number of nitrogens with one attached hydrogen (secondary N) is 2. The normalized spacial score (nSPS) is 12.8. The zero-order chi connectivity index (χ0) is 20.1. The summed E-state index contributed by atoms with van der Waals surface area (Å²) >= 11 is 0. The van der Waals surface area contributed by atoms with Gasteiger partial charge in [-0.2, -0.15) is 0 Å². The number of methoxy groups -OCH3 is 1. The molecule has 28 heavy (non-hydrogen) atoms. The highest BCUT2D eigenvalue weighted by molar-refractivity contribution is 5.96. The van der Waals surface area contributed by atoms with Crippen LogP contribution in [-0.4, -0.2) is 36.6 Å². The minimum Gasteiger partial charge on any atom is -0.497 e. The van der Waals surface area contributed by atoms with Gasteiger partial charge in [0.05, 0.1) is 17.6 Å². The Morgan fingerprint density at radius 1 is 1.18 bits per heavy atom. The number of ether oxygens (including phenoxy) is 2. The summed E-state index contributed by atoms with van der Waals surface area (Å²) in [6.07, 6.45) is 1.93. The van der Waals surface area contributed by atoms with Crippen LogP contribution in [0.2, 0.25) is 0 Å². The van der Waals surface area contributed by atoms with Crippen molar-refractivity contribution >= 4 is 28.9 Å². The number of hydrogen-bond acceptors (Lipinski definition) is 7. The van der Waals surface area contributed by atoms with E-state index in [4.69, 9.17) is 9.47 Å². The Balaban J connectivity index is 1.58. The molecule has 0 aliphatic heterocycles. The number of amides is 1. The van der Waals surface area contributed by atoms with Gasteiger partial charge < -0.3 is 20.1 Å². The molecular formula is C19H19N3O6. The summed E-state index contributed by atoms with van der Waals surface area (Å²) in [6.45, 7) is -0.513. The predicted octanol–water partition coefficient (Wildman–Crippen LogP) is 2.97. The maximum Gasteiger partial charge on any atom is 0.338 e. The van der Waals surface area contributed by atoms with Crippen LogP contribution >= 0.6 is 0 Å². The molecule has 9 heteroatoms. The average Bonchev–Trinajstić information content (AvgIpc) is 3.51. The lowest BCUT2D eigenvalue weighted by molar-refractivity contribution is -0.384. The second-order valence-electron chi connectivity index (χ2n) is 6.26. The first-order valence-corrected chi connectivity index (χ1v) is 8.62. The fourth-order valence-electron chi connectivity index (χ4n) is 2.47. The summed E-state index contributed by atoms with van der Waals surface area (Å²) in [4.78, 5) is 34.8. The zero-order valence-corrected chi connectivity index (χ0v) is 15.1. The van der Waals surface area contributed by atoms with Crippen molar-refractivity contribution in [3.8, 4) is 5.75 Å². The van der Waals surface area contributed by atoms with E-state index in [-0.39, 0.29) is 17.3 Å². The third-order valence-corrected chi connectivity index (χ3v) is 4.08. The molecule has 1 amide bonds. The second kappa shape index (κ2) is 8.38. The Hall–Kier alpha value is -3.62. The minimum atomic E-state index is -0.814. The van der Waals surface area contributed by atoms with Crippen LogP contribution in [0.3, 0.4) is 0 Å². The smallest absolute Gasteiger partial charge is 0.338 e. The monoisotopic (exact) mass is 385 g/mol. The second-order valence-corrected chi connectivity index (χ2v) is 6.26. The first-order valence-electron chi connectivity index (χ1n) is 8.62. The number of nitrogens with zero attached hydrogens (tertiary/aromatic N) is 1. The SMILES string of the molecule is COc1ccc(NC(=O)COC(=O)c2ccc(NC3CC3)c([N+](=O)[O-])c2)cc1. The lowest BCUT2D eigenvalue weighted by Crippen LogP contribution is -2.21. The Morgan fingerprint density at radius 2 is 1.89 bits per heavy atom. The molecule has 2 N–H and O–H groups in total. The molecule has 0 heterocycles. The summed E-state index contributed by atoms with van der Waals surface area (Å²) in [5.74, 6) is -0.698. The standard InChI is InChI=1S/C19H19N3O6/c1-27-15-7-5-14(6-8-15)21-18(23)11-28-19(24)12-2-9-16(20-13-3-4-13)17(10-12)22(25)26/h2,5-10,13,20H,3-4,11H2,1H3,(H,21,23). The van der Waals surface area contributed by atoms with Crippen LogP contribution in [0.5, 0.6) is 5.75 Å². The molecule has 1 saturated carbocycles. The minimum absolute atomic E-state index is 0.00490. The van der Waals surface area contributed by atoms with E-state index >= 15 is 0 Å². The van der Waals surface area contributed by atoms with Crippen molar-refractivity contribution in [2.45, 2.75) is 18.9 Å². The average molecular weight is 385 g/mol. The Kier molecular flexibility index (Phi) is 5.73. The number of carbonyl (C=O) groups excluding carboxylic acids is 2. The van der Waals surface area contributed by atoms with Gasteiger partial charge in [0.2, 0.25) is 0 Å². The zero-order valence-electron chi connectivity index (χ0n) is 15.1. The molecule has 0 bridgehead atoms. The van der Waals surface area contributed by atoms with E-state index in [1.165, 1.54) is 19.2 Å². The summed E-state index contributed by atoms with van der Waals surface area (Å²) in [6, 6.07) is 10.9. The van der Waals surface area contributed by atoms with Crippen molar-refractivity contribution < 1.29 is 24.0 Å². The van der Waals surface area contributed by atoms with Crippen LogP contribution in [0.15, 0.2) is 42.5 Å². The molecule has 0 unspecified atom stereocenters. The highest BCUT2D eigenvalue weighted by atomic mass is 16.6. The lowest BCUT2D eigenvalue weighted by Gasteiger charge is -2.09. The van der Waals surface area contributed by atoms with Crippen LogP contribution < -0.4 is 15.4 Å². The van der Waals surface area contributed by atoms with Gasteiger partial charge in [0.1, 0.15) is 11.4 Å². The molecule has 2 aromatic rings. The van der Waals surface area contributed by atoms with Gasteiger partial charge in [-0.1, -0.05) is 0 Å². The van der Waals surface area contributed by atoms with Crippen molar-refractivity contribution in [3.63, 3.8) is 0 Å². The van der Waals surface area contributed by atoms with Gasteiger partial charge in [-0.15, -0.1) is 0 Å². The van der Waals surface area contributed by atoms with Crippen molar-refractivity contribution in [2.75, 3.05) is 24.4 Å². The van der Waals surface area contributed by atoms with E-state index in [9.17, 15) is 19.7 Å². The largest absolute Gasteiger partial charge is 0.497 e. The Labute approximate surface area is 160 Å². The van der Waals surface area contributed by atoms with Crippen molar-refractivity contribution in [1.82, 2.24) is 0 Å². The van der Waals surface area contributed by atoms with Crippen molar-refractivity contribution in [2.24, 2.45) is 0 Å². The molecular weight excluding hydrogens is 366 g/mol. The molecule has 1 fully saturated rings. The number of benzene rings is 2. The molecule has 3 rings (SSSR count). The van der Waals surface area contributed by atoms with Crippen LogP contribution in [0.4, 0.5) is 17.1 Å². The molecule has 0 saturated heterocycles. The number of anilines is 2. The third kappa shape index (κ3) is 4.97. The molecule has 146 valence electrons. The number of rotatable bonds is 8. The van der Waals surface area contributed by atoms with E-state index in [2.05, 4.69) is 10.6 Å². The van der Waals surface area contributed by atoms with E-state index < -0.39 is 23.4 Å². The summed E-state index contributed by atoms with van der Waals surface area (Å²) in [5, 5.41) is 16.9. The van der Waals surface area contributed by atoms with E-state index in [0.717, 1.165) is 18.9 Å². The first kappa shape index (κ1) is 19.2. The van der Waals surface area contributed by atoms with Gasteiger partial charge >= 0.3 is 5.97 Å². The summed E-state index contributed by atoms with van der Waals surface area (Å²) < 4.78 is 9.98. The molecule has 0 spiro atoms. The van der Waals surface area contributed by atoms with Crippen LogP contribution in [-0.2, 0) is 9.53 Å². The van der Waals surface area contributed by atoms with Crippen molar-refractivity contribution in [1.29, 1.82) is 0 Å². The number of carbonyl (C=O) groups is 2. The van der Waals surface area contributed by atoms with Gasteiger partial charge in [-0.25, -0.2) is 4.79 Å². The fraction of sp³-hybridized carbons (Fsp3) is 0.263. The summed E-state index contributed by atoms with van der Waals surface area (Å²) in [5.41, 5.74) is 0.684. The number of hydrogen-bond donors (Lipinski definition) is 2. The van der Waals surface area contributed by atoms with Crippen LogP contribution in [0.25, 0.3) is 0 Å². The fourth-order valence-corrected chi connectivity index (χ4v) is 2.47. The summed E-state index contributed by atoms with van der Waals surface area (Å²) in [7, 11) is 1.53. The lowest BCUT2D eigenvalue weighted by atomic mass is 10.1. The van der Waals surface area contributed by atoms with Crippen molar-refractivity contribution in [3.05, 3.63) is 58.1 Å². The molecule has 1 aliphatic rings. The van der Waals surface area contributed by atoms with Gasteiger partial charge in [-0.3, -0.25) is 14.9 Å². The van der Waals surface area contributed by atoms with E-state index in [0.29, 0.717) is 17.1 Å².